The first-order valence-corrected chi connectivity index (χ1v) is 7.84. The minimum absolute atomic E-state index is 0.0400. The Balaban J connectivity index is 2.01. The summed E-state index contributed by atoms with van der Waals surface area (Å²) >= 11 is 1.43. The first-order chi connectivity index (χ1) is 11.1. The van der Waals surface area contributed by atoms with Crippen molar-refractivity contribution in [2.45, 2.75) is 12.3 Å². The highest BCUT2D eigenvalue weighted by Gasteiger charge is 2.20. The lowest BCUT2D eigenvalue weighted by molar-refractivity contribution is -0.137. The number of hydrogen-bond acceptors (Lipinski definition) is 4. The van der Waals surface area contributed by atoms with E-state index in [2.05, 4.69) is 9.97 Å². The summed E-state index contributed by atoms with van der Waals surface area (Å²) in [7, 11) is 0. The van der Waals surface area contributed by atoms with E-state index in [4.69, 9.17) is 0 Å². The smallest absolute Gasteiger partial charge is 0.304 e. The zero-order valence-electron chi connectivity index (χ0n) is 12.0. The number of aliphatic carboxylic acids is 1. The van der Waals surface area contributed by atoms with Crippen LogP contribution in [0.2, 0.25) is 0 Å². The summed E-state index contributed by atoms with van der Waals surface area (Å²) in [6.07, 6.45) is 3.03. The van der Waals surface area contributed by atoms with Gasteiger partial charge in [0.25, 0.3) is 0 Å². The summed E-state index contributed by atoms with van der Waals surface area (Å²) in [4.78, 5) is 19.0. The van der Waals surface area contributed by atoms with Crippen molar-refractivity contribution in [3.63, 3.8) is 0 Å². The average Bonchev–Trinajstić information content (AvgIpc) is 3.07. The standard InChI is InChI=1S/C17H13FN2O2S/c18-15-9-12(4-5-19-15)11-2-1-3-13(8-11)14(10-16(21)22)17-20-6-7-23-17/h1-9,14H,10H2,(H,21,22). The fraction of sp³-hybridized carbons (Fsp3) is 0.118. The zero-order chi connectivity index (χ0) is 16.2. The Hall–Kier alpha value is -2.60. The van der Waals surface area contributed by atoms with Gasteiger partial charge in [0.05, 0.1) is 6.42 Å². The van der Waals surface area contributed by atoms with Crippen LogP contribution in [0.15, 0.2) is 54.2 Å². The third-order valence-corrected chi connectivity index (χ3v) is 4.37. The third-order valence-electron chi connectivity index (χ3n) is 3.48. The summed E-state index contributed by atoms with van der Waals surface area (Å²) < 4.78 is 13.3. The number of carboxylic acid groups (broad SMARTS) is 1. The molecule has 0 aliphatic carbocycles. The second-order valence-corrected chi connectivity index (χ2v) is 5.94. The number of rotatable bonds is 5. The summed E-state index contributed by atoms with van der Waals surface area (Å²) in [5.41, 5.74) is 2.36. The number of aromatic nitrogens is 2. The normalized spacial score (nSPS) is 12.0. The molecule has 3 aromatic rings. The second kappa shape index (κ2) is 6.66. The molecule has 23 heavy (non-hydrogen) atoms. The Kier molecular flexibility index (Phi) is 4.43. The van der Waals surface area contributed by atoms with Crippen molar-refractivity contribution in [1.82, 2.24) is 9.97 Å². The van der Waals surface area contributed by atoms with Gasteiger partial charge in [0.1, 0.15) is 5.01 Å². The summed E-state index contributed by atoms with van der Waals surface area (Å²) in [6, 6.07) is 10.5. The Morgan fingerprint density at radius 3 is 2.70 bits per heavy atom. The monoisotopic (exact) mass is 328 g/mol. The molecule has 1 N–H and O–H groups in total. The first kappa shape index (κ1) is 15.3. The number of benzene rings is 1. The van der Waals surface area contributed by atoms with Gasteiger partial charge in [-0.1, -0.05) is 24.3 Å². The van der Waals surface area contributed by atoms with Crippen LogP contribution >= 0.6 is 11.3 Å². The van der Waals surface area contributed by atoms with Gasteiger partial charge >= 0.3 is 5.97 Å². The molecule has 0 aliphatic rings. The molecular formula is C17H13FN2O2S. The molecule has 1 aromatic carbocycles. The molecule has 6 heteroatoms. The third kappa shape index (κ3) is 3.60. The maximum atomic E-state index is 13.3. The van der Waals surface area contributed by atoms with Crippen molar-refractivity contribution in [3.05, 3.63) is 70.7 Å². The molecule has 0 saturated carbocycles. The van der Waals surface area contributed by atoms with E-state index in [0.29, 0.717) is 5.56 Å². The molecule has 0 spiro atoms. The molecule has 116 valence electrons. The van der Waals surface area contributed by atoms with Crippen LogP contribution in [-0.2, 0) is 4.79 Å². The summed E-state index contributed by atoms with van der Waals surface area (Å²) in [6.45, 7) is 0. The molecule has 0 saturated heterocycles. The molecule has 1 unspecified atom stereocenters. The number of thiazole rings is 1. The average molecular weight is 328 g/mol. The van der Waals surface area contributed by atoms with Crippen molar-refractivity contribution in [2.24, 2.45) is 0 Å². The van der Waals surface area contributed by atoms with Crippen LogP contribution in [0.5, 0.6) is 0 Å². The van der Waals surface area contributed by atoms with Crippen molar-refractivity contribution in [1.29, 1.82) is 0 Å². The Morgan fingerprint density at radius 1 is 1.17 bits per heavy atom. The number of carbonyl (C=O) groups is 1. The van der Waals surface area contributed by atoms with Crippen LogP contribution in [0.25, 0.3) is 11.1 Å². The maximum Gasteiger partial charge on any atom is 0.304 e. The van der Waals surface area contributed by atoms with E-state index in [1.807, 2.05) is 29.6 Å². The van der Waals surface area contributed by atoms with Crippen molar-refractivity contribution >= 4 is 17.3 Å². The molecule has 3 rings (SSSR count). The Labute approximate surface area is 136 Å². The Morgan fingerprint density at radius 2 is 2.00 bits per heavy atom. The van der Waals surface area contributed by atoms with Gasteiger partial charge in [-0.2, -0.15) is 4.39 Å². The lowest BCUT2D eigenvalue weighted by Gasteiger charge is -2.14. The van der Waals surface area contributed by atoms with E-state index in [-0.39, 0.29) is 12.3 Å². The summed E-state index contributed by atoms with van der Waals surface area (Å²) in [5.74, 6) is -1.75. The fourth-order valence-electron chi connectivity index (χ4n) is 2.45. The van der Waals surface area contributed by atoms with Gasteiger partial charge in [0.15, 0.2) is 0 Å². The fourth-order valence-corrected chi connectivity index (χ4v) is 3.21. The molecular weight excluding hydrogens is 315 g/mol. The van der Waals surface area contributed by atoms with Gasteiger partial charge in [-0.15, -0.1) is 11.3 Å². The van der Waals surface area contributed by atoms with Crippen molar-refractivity contribution in [3.8, 4) is 11.1 Å². The maximum absolute atomic E-state index is 13.3. The number of hydrogen-bond donors (Lipinski definition) is 1. The van der Waals surface area contributed by atoms with E-state index in [0.717, 1.165) is 16.1 Å². The highest BCUT2D eigenvalue weighted by molar-refractivity contribution is 7.09. The van der Waals surface area contributed by atoms with Gasteiger partial charge in [-0.25, -0.2) is 9.97 Å². The molecule has 0 radical (unpaired) electrons. The predicted octanol–water partition coefficient (Wildman–Crippen LogP) is 3.95. The van der Waals surface area contributed by atoms with Gasteiger partial charge in [0, 0.05) is 29.8 Å². The zero-order valence-corrected chi connectivity index (χ0v) is 12.8. The van der Waals surface area contributed by atoms with E-state index in [1.165, 1.54) is 23.6 Å². The van der Waals surface area contributed by atoms with E-state index >= 15 is 0 Å². The van der Waals surface area contributed by atoms with Crippen LogP contribution in [-0.4, -0.2) is 21.0 Å². The molecule has 2 aromatic heterocycles. The van der Waals surface area contributed by atoms with Crippen LogP contribution in [0, 0.1) is 5.95 Å². The van der Waals surface area contributed by atoms with Crippen LogP contribution in [0.1, 0.15) is 22.9 Å². The van der Waals surface area contributed by atoms with Crippen LogP contribution in [0.3, 0.4) is 0 Å². The molecule has 0 amide bonds. The first-order valence-electron chi connectivity index (χ1n) is 6.96. The second-order valence-electron chi connectivity index (χ2n) is 5.01. The molecule has 0 fully saturated rings. The van der Waals surface area contributed by atoms with Gasteiger partial charge < -0.3 is 5.11 Å². The van der Waals surface area contributed by atoms with Gasteiger partial charge in [-0.3, -0.25) is 4.79 Å². The molecule has 0 bridgehead atoms. The van der Waals surface area contributed by atoms with E-state index in [1.54, 1.807) is 12.3 Å². The highest BCUT2D eigenvalue weighted by atomic mass is 32.1. The SMILES string of the molecule is O=C(O)CC(c1cccc(-c2ccnc(F)c2)c1)c1nccs1. The molecule has 0 aliphatic heterocycles. The summed E-state index contributed by atoms with van der Waals surface area (Å²) in [5, 5.41) is 11.8. The number of halogens is 1. The molecule has 4 nitrogen and oxygen atoms in total. The lowest BCUT2D eigenvalue weighted by atomic mass is 9.93. The minimum atomic E-state index is -0.884. The highest BCUT2D eigenvalue weighted by Crippen LogP contribution is 2.32. The minimum Gasteiger partial charge on any atom is -0.481 e. The number of pyridine rings is 1. The number of nitrogens with zero attached hydrogens (tertiary/aromatic N) is 2. The van der Waals surface area contributed by atoms with Crippen LogP contribution in [0.4, 0.5) is 4.39 Å². The lowest BCUT2D eigenvalue weighted by Crippen LogP contribution is -2.07. The van der Waals surface area contributed by atoms with E-state index in [9.17, 15) is 14.3 Å². The molecule has 2 heterocycles. The van der Waals surface area contributed by atoms with Gasteiger partial charge in [0.2, 0.25) is 5.95 Å². The molecule has 1 atom stereocenters. The largest absolute Gasteiger partial charge is 0.481 e. The van der Waals surface area contributed by atoms with Crippen LogP contribution < -0.4 is 0 Å². The van der Waals surface area contributed by atoms with Gasteiger partial charge in [-0.05, 0) is 22.8 Å². The topological polar surface area (TPSA) is 63.1 Å². The quantitative estimate of drug-likeness (QED) is 0.720. The Bertz CT molecular complexity index is 821. The van der Waals surface area contributed by atoms with Crippen molar-refractivity contribution < 1.29 is 14.3 Å². The van der Waals surface area contributed by atoms with Crippen molar-refractivity contribution in [2.75, 3.05) is 0 Å². The van der Waals surface area contributed by atoms with E-state index < -0.39 is 11.9 Å². The number of carboxylic acids is 1. The predicted molar refractivity (Wildman–Crippen MR) is 85.8 cm³/mol.